The first-order valence-electron chi connectivity index (χ1n) is 7.00. The Bertz CT molecular complexity index is 364. The molecule has 20 heavy (non-hydrogen) atoms. The molecule has 0 amide bonds. The van der Waals surface area contributed by atoms with Crippen molar-refractivity contribution in [1.29, 1.82) is 0 Å². The lowest BCUT2D eigenvalue weighted by Crippen LogP contribution is -2.42. The molecular formula is C14H30IN3OS. The molecule has 1 N–H and O–H groups in total. The fourth-order valence-corrected chi connectivity index (χ4v) is 3.09. The van der Waals surface area contributed by atoms with Gasteiger partial charge < -0.3 is 10.2 Å². The van der Waals surface area contributed by atoms with E-state index in [1.165, 1.54) is 6.42 Å². The van der Waals surface area contributed by atoms with Gasteiger partial charge in [-0.05, 0) is 32.6 Å². The lowest BCUT2D eigenvalue weighted by Gasteiger charge is -2.24. The molecule has 1 atom stereocenters. The summed E-state index contributed by atoms with van der Waals surface area (Å²) >= 11 is 0. The highest BCUT2D eigenvalue weighted by atomic mass is 127. The molecule has 0 aromatic heterocycles. The molecule has 4 nitrogen and oxygen atoms in total. The van der Waals surface area contributed by atoms with Crippen LogP contribution in [0, 0.1) is 5.41 Å². The Hall–Kier alpha value is 0.150. The van der Waals surface area contributed by atoms with Gasteiger partial charge in [-0.1, -0.05) is 13.8 Å². The number of rotatable bonds is 3. The average molecular weight is 415 g/mol. The number of nitrogens with zero attached hydrogens (tertiary/aromatic N) is 2. The molecular weight excluding hydrogens is 385 g/mol. The zero-order chi connectivity index (χ0) is 14.7. The number of halogens is 1. The van der Waals surface area contributed by atoms with E-state index in [-0.39, 0.29) is 28.7 Å². The first-order valence-corrected chi connectivity index (χ1v) is 8.32. The molecule has 1 heterocycles. The van der Waals surface area contributed by atoms with E-state index in [9.17, 15) is 4.21 Å². The molecule has 0 aliphatic carbocycles. The zero-order valence-electron chi connectivity index (χ0n) is 13.7. The number of aliphatic imine (C=N–C) groups is 1. The maximum Gasteiger partial charge on any atom is 0.193 e. The molecule has 0 spiro atoms. The van der Waals surface area contributed by atoms with Gasteiger partial charge in [-0.3, -0.25) is 9.20 Å². The van der Waals surface area contributed by atoms with E-state index in [0.29, 0.717) is 17.7 Å². The van der Waals surface area contributed by atoms with Gasteiger partial charge in [0.25, 0.3) is 0 Å². The third kappa shape index (κ3) is 6.28. The van der Waals surface area contributed by atoms with Crippen LogP contribution in [-0.2, 0) is 10.8 Å². The maximum atomic E-state index is 12.0. The van der Waals surface area contributed by atoms with Gasteiger partial charge >= 0.3 is 0 Å². The molecule has 0 aromatic rings. The monoisotopic (exact) mass is 415 g/mol. The van der Waals surface area contributed by atoms with Crippen LogP contribution in [0.25, 0.3) is 0 Å². The first kappa shape index (κ1) is 20.1. The van der Waals surface area contributed by atoms with Crippen LogP contribution in [0.5, 0.6) is 0 Å². The quantitative estimate of drug-likeness (QED) is 0.438. The Morgan fingerprint density at radius 2 is 2.00 bits per heavy atom. The molecule has 0 radical (unpaired) electrons. The van der Waals surface area contributed by atoms with Crippen LogP contribution >= 0.6 is 24.0 Å². The summed E-state index contributed by atoms with van der Waals surface area (Å²) < 4.78 is 11.8. The molecule has 1 saturated heterocycles. The van der Waals surface area contributed by atoms with Crippen molar-refractivity contribution in [2.45, 2.75) is 45.8 Å². The minimum Gasteiger partial charge on any atom is -0.355 e. The van der Waals surface area contributed by atoms with Crippen LogP contribution in [0.1, 0.15) is 41.0 Å². The number of hydrogen-bond donors (Lipinski definition) is 1. The van der Waals surface area contributed by atoms with Crippen molar-refractivity contribution in [1.82, 2.24) is 10.2 Å². The van der Waals surface area contributed by atoms with E-state index < -0.39 is 10.8 Å². The molecule has 1 aliphatic heterocycles. The lowest BCUT2D eigenvalue weighted by atomic mass is 9.93. The summed E-state index contributed by atoms with van der Waals surface area (Å²) in [6.07, 6.45) is 1.20. The molecule has 0 bridgehead atoms. The average Bonchev–Trinajstić information content (AvgIpc) is 2.63. The fourth-order valence-electron chi connectivity index (χ4n) is 2.19. The molecule has 0 aromatic carbocycles. The van der Waals surface area contributed by atoms with E-state index in [4.69, 9.17) is 0 Å². The lowest BCUT2D eigenvalue weighted by molar-refractivity contribution is 0.370. The summed E-state index contributed by atoms with van der Waals surface area (Å²) in [5.41, 5.74) is 0.367. The van der Waals surface area contributed by atoms with Gasteiger partial charge in [0, 0.05) is 48.0 Å². The van der Waals surface area contributed by atoms with Gasteiger partial charge in [-0.15, -0.1) is 24.0 Å². The van der Waals surface area contributed by atoms with E-state index in [0.717, 1.165) is 19.0 Å². The van der Waals surface area contributed by atoms with Crippen molar-refractivity contribution in [3.05, 3.63) is 0 Å². The van der Waals surface area contributed by atoms with Crippen LogP contribution in [0.2, 0.25) is 0 Å². The van der Waals surface area contributed by atoms with E-state index >= 15 is 0 Å². The van der Waals surface area contributed by atoms with Crippen LogP contribution in [0.3, 0.4) is 0 Å². The second kappa shape index (κ2) is 7.96. The predicted molar refractivity (Wildman–Crippen MR) is 99.5 cm³/mol. The van der Waals surface area contributed by atoms with Crippen molar-refractivity contribution in [2.75, 3.05) is 32.4 Å². The number of hydrogen-bond acceptors (Lipinski definition) is 2. The summed E-state index contributed by atoms with van der Waals surface area (Å²) in [7, 11) is 1.01. The molecule has 120 valence electrons. The normalized spacial score (nSPS) is 20.5. The maximum absolute atomic E-state index is 12.0. The number of guanidine groups is 1. The van der Waals surface area contributed by atoms with E-state index in [2.05, 4.69) is 29.1 Å². The Morgan fingerprint density at radius 3 is 2.40 bits per heavy atom. The zero-order valence-corrected chi connectivity index (χ0v) is 16.8. The molecule has 0 saturated carbocycles. The highest BCUT2D eigenvalue weighted by Crippen LogP contribution is 2.28. The van der Waals surface area contributed by atoms with Crippen molar-refractivity contribution in [3.63, 3.8) is 0 Å². The summed E-state index contributed by atoms with van der Waals surface area (Å²) in [4.78, 5) is 6.62. The van der Waals surface area contributed by atoms with E-state index in [1.54, 1.807) is 0 Å². The largest absolute Gasteiger partial charge is 0.355 e. The summed E-state index contributed by atoms with van der Waals surface area (Å²) in [5, 5.41) is 3.34. The standard InChI is InChI=1S/C14H29N3OS.HI/c1-13(2,3)19(18)10-8-16-12(15-6)17-9-7-14(4,5)11-17;/h7-11H2,1-6H3,(H,15,16);1H. The van der Waals surface area contributed by atoms with Crippen molar-refractivity contribution < 1.29 is 4.21 Å². The second-order valence-corrected chi connectivity index (χ2v) is 9.30. The third-order valence-corrected chi connectivity index (χ3v) is 5.38. The predicted octanol–water partition coefficient (Wildman–Crippen LogP) is 2.46. The Labute approximate surface area is 143 Å². The van der Waals surface area contributed by atoms with Gasteiger partial charge in [0.05, 0.1) is 0 Å². The van der Waals surface area contributed by atoms with Crippen molar-refractivity contribution >= 4 is 40.7 Å². The minimum absolute atomic E-state index is 0. The Kier molecular flexibility index (Phi) is 8.02. The minimum atomic E-state index is -0.809. The third-order valence-electron chi connectivity index (χ3n) is 3.44. The molecule has 1 unspecified atom stereocenters. The van der Waals surface area contributed by atoms with Gasteiger partial charge in [-0.25, -0.2) is 0 Å². The van der Waals surface area contributed by atoms with Crippen molar-refractivity contribution in [3.8, 4) is 0 Å². The summed E-state index contributed by atoms with van der Waals surface area (Å²) in [5.74, 6) is 1.61. The SMILES string of the molecule is CN=C(NCCS(=O)C(C)(C)C)N1CCC(C)(C)C1.I. The molecule has 1 rings (SSSR count). The van der Waals surface area contributed by atoms with Crippen LogP contribution < -0.4 is 5.32 Å². The first-order chi connectivity index (χ1) is 8.65. The number of likely N-dealkylation sites (tertiary alicyclic amines) is 1. The van der Waals surface area contributed by atoms with E-state index in [1.807, 2.05) is 27.8 Å². The van der Waals surface area contributed by atoms with Crippen LogP contribution in [-0.4, -0.2) is 52.3 Å². The number of nitrogens with one attached hydrogen (secondary N) is 1. The van der Waals surface area contributed by atoms with Crippen molar-refractivity contribution in [2.24, 2.45) is 10.4 Å². The highest BCUT2D eigenvalue weighted by molar-refractivity contribution is 14.0. The molecule has 6 heteroatoms. The highest BCUT2D eigenvalue weighted by Gasteiger charge is 2.30. The Morgan fingerprint density at radius 1 is 1.40 bits per heavy atom. The second-order valence-electron chi connectivity index (χ2n) is 6.97. The summed E-state index contributed by atoms with van der Waals surface area (Å²) in [6.45, 7) is 13.4. The smallest absolute Gasteiger partial charge is 0.193 e. The van der Waals surface area contributed by atoms with Gasteiger partial charge in [0.2, 0.25) is 0 Å². The van der Waals surface area contributed by atoms with Crippen LogP contribution in [0.4, 0.5) is 0 Å². The van der Waals surface area contributed by atoms with Crippen LogP contribution in [0.15, 0.2) is 4.99 Å². The Balaban J connectivity index is 0.00000361. The fraction of sp³-hybridized carbons (Fsp3) is 0.929. The molecule has 1 fully saturated rings. The molecule has 1 aliphatic rings. The van der Waals surface area contributed by atoms with Gasteiger partial charge in [0.15, 0.2) is 5.96 Å². The summed E-state index contributed by atoms with van der Waals surface area (Å²) in [6, 6.07) is 0. The topological polar surface area (TPSA) is 44.7 Å². The van der Waals surface area contributed by atoms with Gasteiger partial charge in [-0.2, -0.15) is 0 Å². The van der Waals surface area contributed by atoms with Gasteiger partial charge in [0.1, 0.15) is 0 Å².